The molecule has 148 valence electrons. The lowest BCUT2D eigenvalue weighted by atomic mass is 10.1. The van der Waals surface area contributed by atoms with Crippen LogP contribution in [0.25, 0.3) is 0 Å². The van der Waals surface area contributed by atoms with Crippen molar-refractivity contribution in [2.24, 2.45) is 5.10 Å². The van der Waals surface area contributed by atoms with E-state index >= 15 is 0 Å². The molecular formula is C18H14Cl2N6O2S. The minimum Gasteiger partial charge on any atom is -0.504 e. The smallest absolute Gasteiger partial charge is 0.347 e. The van der Waals surface area contributed by atoms with Gasteiger partial charge in [0.05, 0.1) is 38.2 Å². The summed E-state index contributed by atoms with van der Waals surface area (Å²) in [5.41, 5.74) is 0.865. The Bertz CT molecular complexity index is 1070. The fourth-order valence-electron chi connectivity index (χ4n) is 2.42. The third kappa shape index (κ3) is 4.29. The van der Waals surface area contributed by atoms with Crippen LogP contribution in [-0.4, -0.2) is 26.8 Å². The van der Waals surface area contributed by atoms with Gasteiger partial charge in [0.25, 0.3) is 0 Å². The molecule has 1 aliphatic rings. The van der Waals surface area contributed by atoms with Gasteiger partial charge in [-0.15, -0.1) is 0 Å². The zero-order chi connectivity index (χ0) is 21.3. The standard InChI is InChI=1S/C18H14Cl2N6O2S/c1-8(2)15-14(27)7-22-17(24-15)29-16-11(19)4-10(5-12(16)20)26-18(28)23-9(3)13(6-21)25-26/h4-5,7-8,27H,3H2,1-2H3,(H,23,28). The number of aromatic hydroxyl groups is 1. The van der Waals surface area contributed by atoms with Crippen LogP contribution >= 0.6 is 35.0 Å². The number of anilines is 1. The van der Waals surface area contributed by atoms with E-state index in [0.29, 0.717) is 15.7 Å². The SMILES string of the molecule is C=C1NC(=O)N(c2cc(Cl)c(Sc3ncc(O)c(C(C)C)n3)c(Cl)c2)N=C1C#N. The minimum absolute atomic E-state index is 0.00484. The Labute approximate surface area is 180 Å². The van der Waals surface area contributed by atoms with E-state index < -0.39 is 6.03 Å². The van der Waals surface area contributed by atoms with Crippen LogP contribution in [0.1, 0.15) is 25.5 Å². The maximum Gasteiger partial charge on any atom is 0.347 e. The van der Waals surface area contributed by atoms with Gasteiger partial charge in [-0.1, -0.05) is 43.6 Å². The summed E-state index contributed by atoms with van der Waals surface area (Å²) in [5.74, 6) is 0.0194. The van der Waals surface area contributed by atoms with Crippen molar-refractivity contribution in [3.8, 4) is 11.8 Å². The number of nitrogens with one attached hydrogen (secondary N) is 1. The Morgan fingerprint density at radius 2 is 2.00 bits per heavy atom. The number of urea groups is 1. The van der Waals surface area contributed by atoms with E-state index in [4.69, 9.17) is 28.5 Å². The third-order valence-electron chi connectivity index (χ3n) is 3.79. The molecule has 0 saturated heterocycles. The number of allylic oxidation sites excluding steroid dienone is 1. The summed E-state index contributed by atoms with van der Waals surface area (Å²) in [4.78, 5) is 21.1. The number of nitriles is 1. The van der Waals surface area contributed by atoms with Gasteiger partial charge >= 0.3 is 6.03 Å². The molecule has 1 aliphatic heterocycles. The number of nitrogens with zero attached hydrogens (tertiary/aromatic N) is 5. The summed E-state index contributed by atoms with van der Waals surface area (Å²) in [7, 11) is 0. The van der Waals surface area contributed by atoms with Crippen molar-refractivity contribution in [1.29, 1.82) is 5.26 Å². The molecule has 1 aromatic carbocycles. The number of carbonyl (C=O) groups excluding carboxylic acids is 1. The lowest BCUT2D eigenvalue weighted by molar-refractivity contribution is 0.248. The van der Waals surface area contributed by atoms with Crippen LogP contribution in [-0.2, 0) is 0 Å². The fourth-order valence-corrected chi connectivity index (χ4v) is 3.87. The average Bonchev–Trinajstić information content (AvgIpc) is 2.65. The first-order valence-corrected chi connectivity index (χ1v) is 9.80. The van der Waals surface area contributed by atoms with Crippen LogP contribution in [0, 0.1) is 11.3 Å². The second-order valence-corrected chi connectivity index (χ2v) is 7.99. The number of rotatable bonds is 4. The molecular weight excluding hydrogens is 435 g/mol. The van der Waals surface area contributed by atoms with Crippen molar-refractivity contribution in [2.75, 3.05) is 5.01 Å². The summed E-state index contributed by atoms with van der Waals surface area (Å²) in [6.45, 7) is 7.37. The highest BCUT2D eigenvalue weighted by Crippen LogP contribution is 2.41. The van der Waals surface area contributed by atoms with Crippen molar-refractivity contribution in [2.45, 2.75) is 29.8 Å². The van der Waals surface area contributed by atoms with E-state index in [2.05, 4.69) is 27.0 Å². The van der Waals surface area contributed by atoms with Gasteiger partial charge in [0.2, 0.25) is 0 Å². The molecule has 8 nitrogen and oxygen atoms in total. The summed E-state index contributed by atoms with van der Waals surface area (Å²) in [5, 5.41) is 27.2. The number of hydrazone groups is 1. The normalized spacial score (nSPS) is 13.9. The zero-order valence-electron chi connectivity index (χ0n) is 15.3. The van der Waals surface area contributed by atoms with Crippen LogP contribution in [0.3, 0.4) is 0 Å². The first-order chi connectivity index (χ1) is 13.7. The molecule has 0 spiro atoms. The predicted octanol–water partition coefficient (Wildman–Crippen LogP) is 4.69. The molecule has 3 rings (SSSR count). The molecule has 0 unspecified atom stereocenters. The van der Waals surface area contributed by atoms with Crippen molar-refractivity contribution in [1.82, 2.24) is 15.3 Å². The Balaban J connectivity index is 1.96. The monoisotopic (exact) mass is 448 g/mol. The van der Waals surface area contributed by atoms with E-state index in [1.807, 2.05) is 19.9 Å². The van der Waals surface area contributed by atoms with Crippen molar-refractivity contribution >= 4 is 52.4 Å². The molecule has 0 atom stereocenters. The van der Waals surface area contributed by atoms with Gasteiger partial charge in [0.1, 0.15) is 6.07 Å². The van der Waals surface area contributed by atoms with E-state index in [1.165, 1.54) is 18.3 Å². The van der Waals surface area contributed by atoms with E-state index in [1.54, 1.807) is 0 Å². The van der Waals surface area contributed by atoms with Crippen LogP contribution < -0.4 is 10.3 Å². The molecule has 0 radical (unpaired) electrons. The maximum atomic E-state index is 12.2. The number of hydrogen-bond donors (Lipinski definition) is 2. The summed E-state index contributed by atoms with van der Waals surface area (Å²) < 4.78 is 0. The van der Waals surface area contributed by atoms with Crippen LogP contribution in [0.15, 0.2) is 45.8 Å². The number of amides is 2. The number of carbonyl (C=O) groups is 1. The third-order valence-corrected chi connectivity index (χ3v) is 5.63. The Hall–Kier alpha value is -2.80. The Kier molecular flexibility index (Phi) is 5.98. The molecule has 0 aliphatic carbocycles. The number of aromatic nitrogens is 2. The van der Waals surface area contributed by atoms with E-state index in [-0.39, 0.29) is 38.8 Å². The Morgan fingerprint density at radius 3 is 2.59 bits per heavy atom. The topological polar surface area (TPSA) is 114 Å². The van der Waals surface area contributed by atoms with Gasteiger partial charge in [0, 0.05) is 0 Å². The Morgan fingerprint density at radius 1 is 1.34 bits per heavy atom. The van der Waals surface area contributed by atoms with Gasteiger partial charge in [-0.2, -0.15) is 15.4 Å². The lowest BCUT2D eigenvalue weighted by Gasteiger charge is -2.24. The number of halogens is 2. The van der Waals surface area contributed by atoms with Gasteiger partial charge in [-0.25, -0.2) is 14.8 Å². The summed E-state index contributed by atoms with van der Waals surface area (Å²) in [6, 6.07) is 4.24. The van der Waals surface area contributed by atoms with Crippen LogP contribution in [0.2, 0.25) is 10.0 Å². The van der Waals surface area contributed by atoms with Crippen LogP contribution in [0.4, 0.5) is 10.5 Å². The summed E-state index contributed by atoms with van der Waals surface area (Å²) in [6.07, 6.45) is 1.32. The predicted molar refractivity (Wildman–Crippen MR) is 112 cm³/mol. The molecule has 2 heterocycles. The van der Waals surface area contributed by atoms with Crippen molar-refractivity contribution in [3.05, 3.63) is 46.3 Å². The highest BCUT2D eigenvalue weighted by molar-refractivity contribution is 7.99. The summed E-state index contributed by atoms with van der Waals surface area (Å²) >= 11 is 13.9. The van der Waals surface area contributed by atoms with Gasteiger partial charge in [-0.05, 0) is 29.8 Å². The lowest BCUT2D eigenvalue weighted by Crippen LogP contribution is -2.42. The fraction of sp³-hybridized carbons (Fsp3) is 0.167. The highest BCUT2D eigenvalue weighted by atomic mass is 35.5. The second kappa shape index (κ2) is 8.29. The largest absolute Gasteiger partial charge is 0.504 e. The van der Waals surface area contributed by atoms with Crippen molar-refractivity contribution in [3.63, 3.8) is 0 Å². The van der Waals surface area contributed by atoms with Gasteiger partial charge < -0.3 is 10.4 Å². The molecule has 1 aromatic heterocycles. The first-order valence-electron chi connectivity index (χ1n) is 8.23. The van der Waals surface area contributed by atoms with E-state index in [0.717, 1.165) is 16.8 Å². The average molecular weight is 449 g/mol. The number of benzene rings is 1. The molecule has 0 fully saturated rings. The van der Waals surface area contributed by atoms with Crippen molar-refractivity contribution < 1.29 is 9.90 Å². The molecule has 2 amide bonds. The quantitative estimate of drug-likeness (QED) is 0.655. The second-order valence-electron chi connectivity index (χ2n) is 6.20. The zero-order valence-corrected chi connectivity index (χ0v) is 17.6. The molecule has 29 heavy (non-hydrogen) atoms. The molecule has 11 heteroatoms. The molecule has 2 N–H and O–H groups in total. The van der Waals surface area contributed by atoms with E-state index in [9.17, 15) is 9.90 Å². The first kappa shape index (κ1) is 20.9. The maximum absolute atomic E-state index is 12.2. The molecule has 2 aromatic rings. The highest BCUT2D eigenvalue weighted by Gasteiger charge is 2.26. The number of hydrogen-bond acceptors (Lipinski definition) is 7. The molecule has 0 saturated carbocycles. The minimum atomic E-state index is -0.593. The van der Waals surface area contributed by atoms with Gasteiger partial charge in [0.15, 0.2) is 16.6 Å². The van der Waals surface area contributed by atoms with Crippen LogP contribution in [0.5, 0.6) is 5.75 Å². The van der Waals surface area contributed by atoms with Gasteiger partial charge in [-0.3, -0.25) is 0 Å². The molecule has 0 bridgehead atoms.